The van der Waals surface area contributed by atoms with Gasteiger partial charge < -0.3 is 5.11 Å². The Hall–Kier alpha value is -0.760. The van der Waals surface area contributed by atoms with Crippen LogP contribution < -0.4 is 0 Å². The lowest BCUT2D eigenvalue weighted by Crippen LogP contribution is -1.84. The highest BCUT2D eigenvalue weighted by Crippen LogP contribution is 2.45. The summed E-state index contributed by atoms with van der Waals surface area (Å²) in [5.41, 5.74) is 0.779. The SMILES string of the molecule is Oc1cc(F)c(Cl)cc1C1CC1. The van der Waals surface area contributed by atoms with Gasteiger partial charge in [0.1, 0.15) is 11.6 Å². The molecule has 0 bridgehead atoms. The minimum absolute atomic E-state index is 0.0272. The number of benzene rings is 1. The Bertz CT molecular complexity index is 321. The predicted molar refractivity (Wildman–Crippen MR) is 45.0 cm³/mol. The van der Waals surface area contributed by atoms with Gasteiger partial charge in [0, 0.05) is 6.07 Å². The van der Waals surface area contributed by atoms with Gasteiger partial charge in [-0.25, -0.2) is 4.39 Å². The van der Waals surface area contributed by atoms with Gasteiger partial charge in [0.2, 0.25) is 0 Å². The molecule has 0 unspecified atom stereocenters. The Balaban J connectivity index is 2.47. The smallest absolute Gasteiger partial charge is 0.145 e. The van der Waals surface area contributed by atoms with Crippen LogP contribution in [0.3, 0.4) is 0 Å². The van der Waals surface area contributed by atoms with Crippen LogP contribution in [0.2, 0.25) is 5.02 Å². The largest absolute Gasteiger partial charge is 0.508 e. The van der Waals surface area contributed by atoms with E-state index in [4.69, 9.17) is 11.6 Å². The number of hydrogen-bond donors (Lipinski definition) is 1. The van der Waals surface area contributed by atoms with Crippen LogP contribution in [0.25, 0.3) is 0 Å². The lowest BCUT2D eigenvalue weighted by Gasteiger charge is -2.03. The fourth-order valence-electron chi connectivity index (χ4n) is 1.27. The maximum absolute atomic E-state index is 12.8. The molecule has 1 aromatic carbocycles. The summed E-state index contributed by atoms with van der Waals surface area (Å²) in [6.07, 6.45) is 2.13. The molecule has 3 heteroatoms. The van der Waals surface area contributed by atoms with Gasteiger partial charge in [-0.2, -0.15) is 0 Å². The molecule has 12 heavy (non-hydrogen) atoms. The molecule has 1 saturated carbocycles. The Labute approximate surface area is 74.8 Å². The second-order valence-corrected chi connectivity index (χ2v) is 3.51. The summed E-state index contributed by atoms with van der Waals surface area (Å²) in [6.45, 7) is 0. The van der Waals surface area contributed by atoms with E-state index in [0.29, 0.717) is 5.92 Å². The first-order chi connectivity index (χ1) is 5.68. The van der Waals surface area contributed by atoms with Crippen LogP contribution >= 0.6 is 11.6 Å². The molecule has 0 amide bonds. The van der Waals surface area contributed by atoms with Crippen LogP contribution in [-0.2, 0) is 0 Å². The van der Waals surface area contributed by atoms with E-state index in [0.717, 1.165) is 24.5 Å². The van der Waals surface area contributed by atoms with Crippen molar-refractivity contribution in [3.8, 4) is 5.75 Å². The van der Waals surface area contributed by atoms with Crippen LogP contribution in [0.4, 0.5) is 4.39 Å². The van der Waals surface area contributed by atoms with Crippen molar-refractivity contribution in [1.82, 2.24) is 0 Å². The fraction of sp³-hybridized carbons (Fsp3) is 0.333. The molecule has 1 aromatic rings. The Morgan fingerprint density at radius 3 is 2.67 bits per heavy atom. The lowest BCUT2D eigenvalue weighted by atomic mass is 10.1. The standard InChI is InChI=1S/C9H8ClFO/c10-7-3-6(5-1-2-5)9(12)4-8(7)11/h3-5,12H,1-2H2. The lowest BCUT2D eigenvalue weighted by molar-refractivity contribution is 0.462. The molecule has 0 spiro atoms. The van der Waals surface area contributed by atoms with Crippen molar-refractivity contribution in [1.29, 1.82) is 0 Å². The van der Waals surface area contributed by atoms with Crippen molar-refractivity contribution in [3.63, 3.8) is 0 Å². The minimum Gasteiger partial charge on any atom is -0.508 e. The van der Waals surface area contributed by atoms with E-state index in [9.17, 15) is 9.50 Å². The van der Waals surface area contributed by atoms with Crippen molar-refractivity contribution in [2.45, 2.75) is 18.8 Å². The minimum atomic E-state index is -0.557. The third-order valence-corrected chi connectivity index (χ3v) is 2.38. The van der Waals surface area contributed by atoms with E-state index in [-0.39, 0.29) is 10.8 Å². The summed E-state index contributed by atoms with van der Waals surface area (Å²) in [4.78, 5) is 0. The van der Waals surface area contributed by atoms with Crippen LogP contribution in [0.1, 0.15) is 24.3 Å². The second kappa shape index (κ2) is 2.63. The third kappa shape index (κ3) is 1.27. The van der Waals surface area contributed by atoms with E-state index in [1.165, 1.54) is 6.07 Å². The normalized spacial score (nSPS) is 16.5. The monoisotopic (exact) mass is 186 g/mol. The van der Waals surface area contributed by atoms with Gasteiger partial charge in [0.15, 0.2) is 0 Å². The molecular weight excluding hydrogens is 179 g/mol. The molecule has 0 heterocycles. The number of rotatable bonds is 1. The van der Waals surface area contributed by atoms with E-state index < -0.39 is 5.82 Å². The van der Waals surface area contributed by atoms with E-state index in [1.807, 2.05) is 0 Å². The van der Waals surface area contributed by atoms with Gasteiger partial charge in [-0.15, -0.1) is 0 Å². The molecule has 2 rings (SSSR count). The van der Waals surface area contributed by atoms with Crippen molar-refractivity contribution >= 4 is 11.6 Å². The maximum Gasteiger partial charge on any atom is 0.145 e. The number of hydrogen-bond acceptors (Lipinski definition) is 1. The Morgan fingerprint density at radius 1 is 1.42 bits per heavy atom. The van der Waals surface area contributed by atoms with Gasteiger partial charge in [-0.3, -0.25) is 0 Å². The van der Waals surface area contributed by atoms with Crippen molar-refractivity contribution in [3.05, 3.63) is 28.5 Å². The van der Waals surface area contributed by atoms with Crippen molar-refractivity contribution < 1.29 is 9.50 Å². The summed E-state index contributed by atoms with van der Waals surface area (Å²) in [5.74, 6) is -0.138. The molecule has 1 aliphatic rings. The maximum atomic E-state index is 12.8. The Kier molecular flexibility index (Phi) is 1.72. The molecule has 0 aromatic heterocycles. The molecule has 0 radical (unpaired) electrons. The zero-order chi connectivity index (χ0) is 8.72. The van der Waals surface area contributed by atoms with Crippen LogP contribution in [0.5, 0.6) is 5.75 Å². The predicted octanol–water partition coefficient (Wildman–Crippen LogP) is 3.06. The topological polar surface area (TPSA) is 20.2 Å². The summed E-state index contributed by atoms with van der Waals surface area (Å²) in [6, 6.07) is 2.60. The Morgan fingerprint density at radius 2 is 2.08 bits per heavy atom. The van der Waals surface area contributed by atoms with Gasteiger partial charge in [-0.1, -0.05) is 11.6 Å². The number of phenols is 1. The number of halogens is 2. The zero-order valence-corrected chi connectivity index (χ0v) is 7.11. The number of phenolic OH excluding ortho intramolecular Hbond substituents is 1. The zero-order valence-electron chi connectivity index (χ0n) is 6.35. The number of aromatic hydroxyl groups is 1. The molecule has 0 atom stereocenters. The first-order valence-electron chi connectivity index (χ1n) is 3.86. The fourth-order valence-corrected chi connectivity index (χ4v) is 1.45. The molecular formula is C9H8ClFO. The van der Waals surface area contributed by atoms with E-state index in [1.54, 1.807) is 0 Å². The molecule has 1 fully saturated rings. The first-order valence-corrected chi connectivity index (χ1v) is 4.24. The highest BCUT2D eigenvalue weighted by Gasteiger charge is 2.27. The molecule has 64 valence electrons. The molecule has 1 nitrogen and oxygen atoms in total. The van der Waals surface area contributed by atoms with E-state index >= 15 is 0 Å². The summed E-state index contributed by atoms with van der Waals surface area (Å²) in [5, 5.41) is 9.42. The van der Waals surface area contributed by atoms with Crippen molar-refractivity contribution in [2.24, 2.45) is 0 Å². The highest BCUT2D eigenvalue weighted by molar-refractivity contribution is 6.30. The average molecular weight is 187 g/mol. The molecule has 0 aliphatic heterocycles. The van der Waals surface area contributed by atoms with Gasteiger partial charge in [0.05, 0.1) is 5.02 Å². The summed E-state index contributed by atoms with van der Waals surface area (Å²) < 4.78 is 12.8. The molecule has 0 saturated heterocycles. The third-order valence-electron chi connectivity index (χ3n) is 2.09. The van der Waals surface area contributed by atoms with E-state index in [2.05, 4.69) is 0 Å². The van der Waals surface area contributed by atoms with Crippen LogP contribution in [0, 0.1) is 5.82 Å². The molecule has 1 aliphatic carbocycles. The van der Waals surface area contributed by atoms with Crippen LogP contribution in [-0.4, -0.2) is 5.11 Å². The van der Waals surface area contributed by atoms with Gasteiger partial charge in [-0.05, 0) is 30.4 Å². The quantitative estimate of drug-likeness (QED) is 0.715. The second-order valence-electron chi connectivity index (χ2n) is 3.10. The summed E-state index contributed by atoms with van der Waals surface area (Å²) in [7, 11) is 0. The first kappa shape index (κ1) is 7.87. The van der Waals surface area contributed by atoms with Crippen molar-refractivity contribution in [2.75, 3.05) is 0 Å². The summed E-state index contributed by atoms with van der Waals surface area (Å²) >= 11 is 5.57. The molecule has 1 N–H and O–H groups in total. The van der Waals surface area contributed by atoms with Gasteiger partial charge >= 0.3 is 0 Å². The van der Waals surface area contributed by atoms with Gasteiger partial charge in [0.25, 0.3) is 0 Å². The van der Waals surface area contributed by atoms with Crippen LogP contribution in [0.15, 0.2) is 12.1 Å². The highest BCUT2D eigenvalue weighted by atomic mass is 35.5. The average Bonchev–Trinajstić information content (AvgIpc) is 2.79.